The smallest absolute Gasteiger partial charge is 0.338 e. The van der Waals surface area contributed by atoms with E-state index in [1.165, 1.54) is 13.3 Å². The average Bonchev–Trinajstić information content (AvgIpc) is 3.08. The first-order valence-corrected chi connectivity index (χ1v) is 15.9. The van der Waals surface area contributed by atoms with Gasteiger partial charge in [0.2, 0.25) is 0 Å². The maximum atomic E-state index is 12.7. The third-order valence-electron chi connectivity index (χ3n) is 7.47. The van der Waals surface area contributed by atoms with Crippen LogP contribution >= 0.6 is 11.6 Å². The lowest BCUT2D eigenvalue weighted by molar-refractivity contribution is -0.139. The predicted molar refractivity (Wildman–Crippen MR) is 184 cm³/mol. The van der Waals surface area contributed by atoms with Crippen molar-refractivity contribution in [1.29, 1.82) is 0 Å². The normalized spacial score (nSPS) is 14.2. The van der Waals surface area contributed by atoms with E-state index in [4.69, 9.17) is 30.5 Å². The molecule has 13 heteroatoms. The Bertz CT molecular complexity index is 1670. The van der Waals surface area contributed by atoms with E-state index in [0.717, 1.165) is 24.3 Å². The van der Waals surface area contributed by atoms with Gasteiger partial charge in [-0.25, -0.2) is 15.0 Å². The summed E-state index contributed by atoms with van der Waals surface area (Å²) in [5.41, 5.74) is 6.34. The number of methoxy groups -OCH3 is 1. The Hall–Kier alpha value is -5.23. The van der Waals surface area contributed by atoms with Gasteiger partial charge in [0, 0.05) is 41.1 Å². The number of carbonyl (C=O) groups is 3. The van der Waals surface area contributed by atoms with Crippen molar-refractivity contribution in [1.82, 2.24) is 16.1 Å². The Morgan fingerprint density at radius 3 is 2.42 bits per heavy atom. The molecule has 0 aliphatic carbocycles. The fourth-order valence-electron chi connectivity index (χ4n) is 5.04. The van der Waals surface area contributed by atoms with Gasteiger partial charge in [0.15, 0.2) is 18.1 Å². The van der Waals surface area contributed by atoms with Gasteiger partial charge in [0.25, 0.3) is 5.91 Å². The molecule has 4 rings (SSSR count). The van der Waals surface area contributed by atoms with Crippen LogP contribution in [0, 0.1) is 0 Å². The highest BCUT2D eigenvalue weighted by Crippen LogP contribution is 2.34. The van der Waals surface area contributed by atoms with E-state index < -0.39 is 23.9 Å². The summed E-state index contributed by atoms with van der Waals surface area (Å²) >= 11 is 6.02. The molecule has 48 heavy (non-hydrogen) atoms. The zero-order chi connectivity index (χ0) is 34.6. The Morgan fingerprint density at radius 2 is 1.73 bits per heavy atom. The Balaban J connectivity index is 1.43. The van der Waals surface area contributed by atoms with E-state index in [-0.39, 0.29) is 24.5 Å². The molecule has 1 aliphatic rings. The van der Waals surface area contributed by atoms with Gasteiger partial charge in [-0.15, -0.1) is 0 Å². The van der Waals surface area contributed by atoms with Crippen molar-refractivity contribution in [3.05, 3.63) is 93.6 Å². The van der Waals surface area contributed by atoms with Crippen molar-refractivity contribution in [2.75, 3.05) is 38.3 Å². The molecular weight excluding hydrogens is 638 g/mol. The number of anilines is 1. The van der Waals surface area contributed by atoms with E-state index in [2.05, 4.69) is 39.9 Å². The van der Waals surface area contributed by atoms with E-state index in [9.17, 15) is 14.4 Å². The first-order chi connectivity index (χ1) is 23.2. The number of nitrogens with zero attached hydrogens (tertiary/aromatic N) is 2. The van der Waals surface area contributed by atoms with Gasteiger partial charge >= 0.3 is 12.0 Å². The van der Waals surface area contributed by atoms with Gasteiger partial charge in [0.1, 0.15) is 12.4 Å². The molecule has 0 fully saturated rings. The van der Waals surface area contributed by atoms with Crippen molar-refractivity contribution >= 4 is 41.4 Å². The van der Waals surface area contributed by atoms with E-state index in [1.807, 2.05) is 42.5 Å². The second kappa shape index (κ2) is 17.1. The summed E-state index contributed by atoms with van der Waals surface area (Å²) in [6.45, 7) is 9.33. The number of esters is 1. The van der Waals surface area contributed by atoms with E-state index in [0.29, 0.717) is 40.0 Å². The largest absolute Gasteiger partial charge is 0.493 e. The minimum atomic E-state index is -0.778. The summed E-state index contributed by atoms with van der Waals surface area (Å²) in [7, 11) is 1.45. The highest BCUT2D eigenvalue weighted by molar-refractivity contribution is 6.30. The monoisotopic (exact) mass is 677 g/mol. The van der Waals surface area contributed by atoms with Crippen LogP contribution in [0.3, 0.4) is 0 Å². The van der Waals surface area contributed by atoms with Crippen LogP contribution in [0.15, 0.2) is 77.0 Å². The number of amides is 3. The van der Waals surface area contributed by atoms with Gasteiger partial charge in [-0.2, -0.15) is 5.10 Å². The van der Waals surface area contributed by atoms with Gasteiger partial charge in [-0.3, -0.25) is 4.79 Å². The topological polar surface area (TPSA) is 140 Å². The van der Waals surface area contributed by atoms with Crippen molar-refractivity contribution in [3.8, 4) is 17.2 Å². The summed E-state index contributed by atoms with van der Waals surface area (Å²) in [6, 6.07) is 16.9. The molecule has 12 nitrogen and oxygen atoms in total. The molecule has 3 amide bonds. The molecule has 1 heterocycles. The third-order valence-corrected chi connectivity index (χ3v) is 7.72. The molecule has 0 bridgehead atoms. The van der Waals surface area contributed by atoms with Crippen LogP contribution in [0.1, 0.15) is 50.4 Å². The summed E-state index contributed by atoms with van der Waals surface area (Å²) in [4.78, 5) is 39.7. The van der Waals surface area contributed by atoms with Gasteiger partial charge in [-0.1, -0.05) is 29.8 Å². The maximum Gasteiger partial charge on any atom is 0.338 e. The van der Waals surface area contributed by atoms with Crippen molar-refractivity contribution in [2.45, 2.75) is 40.3 Å². The lowest BCUT2D eigenvalue weighted by Gasteiger charge is -2.28. The zero-order valence-electron chi connectivity index (χ0n) is 27.6. The molecule has 3 N–H and O–H groups in total. The second-order valence-corrected chi connectivity index (χ2v) is 11.0. The Kier molecular flexibility index (Phi) is 12.7. The van der Waals surface area contributed by atoms with Gasteiger partial charge < -0.3 is 34.5 Å². The highest BCUT2D eigenvalue weighted by Gasteiger charge is 2.32. The van der Waals surface area contributed by atoms with Crippen LogP contribution in [-0.2, 0) is 20.9 Å². The number of halogens is 1. The standard InChI is InChI=1S/C35H40ClN5O7/c1-6-41(7-2)27-15-11-25(29(18-27)47-20-23-9-13-26(36)14-10-23)19-37-40-31(42)21-48-28-16-12-24(17-30(28)45-5)33-32(34(43)46-8-3)22(4)38-35(44)39-33/h9-19,33H,6-8,20-21H2,1-5H3,(H,40,42)(H2,38,39,44)/b37-19+/t33-/m0/s1. The first-order valence-electron chi connectivity index (χ1n) is 15.5. The highest BCUT2D eigenvalue weighted by atomic mass is 35.5. The molecule has 0 unspecified atom stereocenters. The number of ether oxygens (including phenoxy) is 4. The number of carbonyl (C=O) groups excluding carboxylic acids is 3. The quantitative estimate of drug-likeness (QED) is 0.109. The van der Waals surface area contributed by atoms with Gasteiger partial charge in [0.05, 0.1) is 31.5 Å². The number of benzene rings is 3. The average molecular weight is 678 g/mol. The molecule has 1 aliphatic heterocycles. The van der Waals surface area contributed by atoms with Crippen molar-refractivity contribution in [3.63, 3.8) is 0 Å². The molecule has 0 aromatic heterocycles. The summed E-state index contributed by atoms with van der Waals surface area (Å²) in [5, 5.41) is 10.1. The fourth-order valence-corrected chi connectivity index (χ4v) is 5.16. The molecule has 0 saturated heterocycles. The minimum absolute atomic E-state index is 0.181. The summed E-state index contributed by atoms with van der Waals surface area (Å²) in [5.74, 6) is 0.130. The van der Waals surface area contributed by atoms with Crippen LogP contribution in [-0.4, -0.2) is 57.5 Å². The van der Waals surface area contributed by atoms with E-state index >= 15 is 0 Å². The number of hydrogen-bond donors (Lipinski definition) is 3. The lowest BCUT2D eigenvalue weighted by Crippen LogP contribution is -2.45. The molecule has 254 valence electrons. The molecule has 1 atom stereocenters. The number of allylic oxidation sites excluding steroid dienone is 1. The van der Waals surface area contributed by atoms with E-state index in [1.54, 1.807) is 32.0 Å². The number of hydrogen-bond acceptors (Lipinski definition) is 9. The molecule has 0 saturated carbocycles. The molecule has 3 aromatic carbocycles. The van der Waals surface area contributed by atoms with Crippen molar-refractivity contribution in [2.24, 2.45) is 5.10 Å². The number of hydrazone groups is 1. The molecule has 0 spiro atoms. The van der Waals surface area contributed by atoms with Crippen LogP contribution < -0.4 is 35.2 Å². The maximum absolute atomic E-state index is 12.7. The SMILES string of the molecule is CCOC(=O)C1=C(C)NC(=O)N[C@H]1c1ccc(OCC(=O)N/N=C/c2ccc(N(CC)CC)cc2OCc2ccc(Cl)cc2)c(OC)c1. The number of rotatable bonds is 15. The number of nitrogens with one attached hydrogen (secondary N) is 3. The van der Waals surface area contributed by atoms with Crippen LogP contribution in [0.5, 0.6) is 17.2 Å². The summed E-state index contributed by atoms with van der Waals surface area (Å²) in [6.07, 6.45) is 1.51. The second-order valence-electron chi connectivity index (χ2n) is 10.6. The zero-order valence-corrected chi connectivity index (χ0v) is 28.3. The Labute approximate surface area is 285 Å². The minimum Gasteiger partial charge on any atom is -0.493 e. The third kappa shape index (κ3) is 9.19. The molecular formula is C35H40ClN5O7. The van der Waals surface area contributed by atoms with Gasteiger partial charge in [-0.05, 0) is 75.2 Å². The van der Waals surface area contributed by atoms with Crippen LogP contribution in [0.4, 0.5) is 10.5 Å². The fraction of sp³-hybridized carbons (Fsp3) is 0.314. The Morgan fingerprint density at radius 1 is 0.979 bits per heavy atom. The van der Waals surface area contributed by atoms with Crippen molar-refractivity contribution < 1.29 is 33.3 Å². The summed E-state index contributed by atoms with van der Waals surface area (Å²) < 4.78 is 22.6. The molecule has 3 aromatic rings. The predicted octanol–water partition coefficient (Wildman–Crippen LogP) is 5.49. The number of urea groups is 1. The van der Waals surface area contributed by atoms with Crippen LogP contribution in [0.2, 0.25) is 5.02 Å². The molecule has 0 radical (unpaired) electrons. The first kappa shape index (κ1) is 35.6. The van der Waals surface area contributed by atoms with Crippen LogP contribution in [0.25, 0.3) is 0 Å². The lowest BCUT2D eigenvalue weighted by atomic mass is 9.95.